The van der Waals surface area contributed by atoms with Crippen LogP contribution in [-0.4, -0.2) is 42.5 Å². The van der Waals surface area contributed by atoms with Crippen LogP contribution in [0.25, 0.3) is 0 Å². The van der Waals surface area contributed by atoms with E-state index in [1.54, 1.807) is 4.90 Å². The summed E-state index contributed by atoms with van der Waals surface area (Å²) in [7, 11) is 3.84. The van der Waals surface area contributed by atoms with Gasteiger partial charge >= 0.3 is 6.03 Å². The van der Waals surface area contributed by atoms with Crippen molar-refractivity contribution in [2.75, 3.05) is 20.6 Å². The molecule has 1 aliphatic rings. The van der Waals surface area contributed by atoms with Crippen LogP contribution in [0.15, 0.2) is 0 Å². The predicted molar refractivity (Wildman–Crippen MR) is 81.3 cm³/mol. The Hall–Kier alpha value is -0.730. The molecule has 112 valence electrons. The van der Waals surface area contributed by atoms with E-state index in [4.69, 9.17) is 0 Å². The molecule has 19 heavy (non-hydrogen) atoms. The standard InChI is InChI=1S/C16H32N2O/c1-7-17(5)15(19)18(6)14-10-8-13(9-11-14)12-16(2,3)4/h13-14H,7-12H2,1-6H3. The Kier molecular flexibility index (Phi) is 5.69. The van der Waals surface area contributed by atoms with E-state index in [1.807, 2.05) is 25.9 Å². The monoisotopic (exact) mass is 268 g/mol. The zero-order valence-corrected chi connectivity index (χ0v) is 13.7. The Balaban J connectivity index is 2.43. The lowest BCUT2D eigenvalue weighted by atomic mass is 9.76. The van der Waals surface area contributed by atoms with Gasteiger partial charge < -0.3 is 9.80 Å². The second-order valence-corrected chi connectivity index (χ2v) is 7.35. The highest BCUT2D eigenvalue weighted by atomic mass is 16.2. The summed E-state index contributed by atoms with van der Waals surface area (Å²) in [6.07, 6.45) is 6.19. The van der Waals surface area contributed by atoms with Crippen molar-refractivity contribution in [3.8, 4) is 0 Å². The Morgan fingerprint density at radius 2 is 1.63 bits per heavy atom. The zero-order chi connectivity index (χ0) is 14.6. The van der Waals surface area contributed by atoms with Crippen LogP contribution in [0, 0.1) is 11.3 Å². The number of carbonyl (C=O) groups excluding carboxylic acids is 1. The maximum Gasteiger partial charge on any atom is 0.319 e. The SMILES string of the molecule is CCN(C)C(=O)N(C)C1CCC(CC(C)(C)C)CC1. The third kappa shape index (κ3) is 5.04. The lowest BCUT2D eigenvalue weighted by molar-refractivity contribution is 0.127. The third-order valence-electron chi connectivity index (χ3n) is 4.37. The van der Waals surface area contributed by atoms with Crippen LogP contribution in [-0.2, 0) is 0 Å². The molecule has 1 saturated carbocycles. The van der Waals surface area contributed by atoms with E-state index >= 15 is 0 Å². The summed E-state index contributed by atoms with van der Waals surface area (Å²) in [5.74, 6) is 0.851. The fourth-order valence-electron chi connectivity index (χ4n) is 3.16. The second kappa shape index (κ2) is 6.62. The topological polar surface area (TPSA) is 23.6 Å². The average Bonchev–Trinajstić information content (AvgIpc) is 2.35. The van der Waals surface area contributed by atoms with Gasteiger partial charge in [-0.15, -0.1) is 0 Å². The molecule has 0 radical (unpaired) electrons. The summed E-state index contributed by atoms with van der Waals surface area (Å²) >= 11 is 0. The van der Waals surface area contributed by atoms with E-state index in [1.165, 1.54) is 32.1 Å². The Morgan fingerprint density at radius 3 is 2.05 bits per heavy atom. The maximum absolute atomic E-state index is 12.1. The fourth-order valence-corrected chi connectivity index (χ4v) is 3.16. The van der Waals surface area contributed by atoms with Gasteiger partial charge in [0.05, 0.1) is 0 Å². The van der Waals surface area contributed by atoms with Crippen LogP contribution in [0.2, 0.25) is 0 Å². The van der Waals surface area contributed by atoms with Crippen LogP contribution >= 0.6 is 0 Å². The summed E-state index contributed by atoms with van der Waals surface area (Å²) in [5, 5.41) is 0. The molecule has 1 fully saturated rings. The van der Waals surface area contributed by atoms with E-state index in [2.05, 4.69) is 20.8 Å². The molecule has 0 saturated heterocycles. The summed E-state index contributed by atoms with van der Waals surface area (Å²) in [5.41, 5.74) is 0.432. The molecular weight excluding hydrogens is 236 g/mol. The van der Waals surface area contributed by atoms with Gasteiger partial charge in [-0.2, -0.15) is 0 Å². The zero-order valence-electron chi connectivity index (χ0n) is 13.7. The molecule has 0 N–H and O–H groups in total. The number of carbonyl (C=O) groups is 1. The van der Waals surface area contributed by atoms with Crippen molar-refractivity contribution in [2.45, 2.75) is 65.8 Å². The van der Waals surface area contributed by atoms with Gasteiger partial charge in [-0.3, -0.25) is 0 Å². The number of amides is 2. The van der Waals surface area contributed by atoms with E-state index < -0.39 is 0 Å². The van der Waals surface area contributed by atoms with Crippen LogP contribution in [0.5, 0.6) is 0 Å². The first-order valence-corrected chi connectivity index (χ1v) is 7.72. The van der Waals surface area contributed by atoms with Crippen molar-refractivity contribution < 1.29 is 4.79 Å². The number of urea groups is 1. The van der Waals surface area contributed by atoms with Gasteiger partial charge in [0.2, 0.25) is 0 Å². The van der Waals surface area contributed by atoms with Crippen molar-refractivity contribution in [3.63, 3.8) is 0 Å². The first kappa shape index (κ1) is 16.3. The van der Waals surface area contributed by atoms with E-state index in [0.29, 0.717) is 11.5 Å². The largest absolute Gasteiger partial charge is 0.328 e. The average molecular weight is 268 g/mol. The minimum atomic E-state index is 0.168. The van der Waals surface area contributed by atoms with Gasteiger partial charge in [0, 0.05) is 26.7 Å². The molecule has 2 amide bonds. The highest BCUT2D eigenvalue weighted by molar-refractivity contribution is 5.74. The Bertz CT molecular complexity index is 288. The fraction of sp³-hybridized carbons (Fsp3) is 0.938. The molecule has 0 unspecified atom stereocenters. The van der Waals surface area contributed by atoms with E-state index in [-0.39, 0.29) is 6.03 Å². The maximum atomic E-state index is 12.1. The van der Waals surface area contributed by atoms with Gasteiger partial charge in [0.25, 0.3) is 0 Å². The summed E-state index contributed by atoms with van der Waals surface area (Å²) < 4.78 is 0. The molecule has 0 aliphatic heterocycles. The predicted octanol–water partition coefficient (Wildman–Crippen LogP) is 3.98. The summed E-state index contributed by atoms with van der Waals surface area (Å²) in [6.45, 7) is 9.77. The van der Waals surface area contributed by atoms with Gasteiger partial charge in [-0.1, -0.05) is 20.8 Å². The molecule has 1 rings (SSSR count). The van der Waals surface area contributed by atoms with Gasteiger partial charge in [-0.05, 0) is 50.4 Å². The number of hydrogen-bond donors (Lipinski definition) is 0. The molecule has 3 nitrogen and oxygen atoms in total. The first-order valence-electron chi connectivity index (χ1n) is 7.72. The van der Waals surface area contributed by atoms with Crippen LogP contribution < -0.4 is 0 Å². The lowest BCUT2D eigenvalue weighted by Gasteiger charge is -2.38. The van der Waals surface area contributed by atoms with E-state index in [9.17, 15) is 4.79 Å². The summed E-state index contributed by atoms with van der Waals surface area (Å²) in [4.78, 5) is 15.9. The Labute approximate surface area is 119 Å². The van der Waals surface area contributed by atoms with Crippen LogP contribution in [0.1, 0.15) is 59.8 Å². The normalized spacial score (nSPS) is 24.1. The van der Waals surface area contributed by atoms with Crippen molar-refractivity contribution in [2.24, 2.45) is 11.3 Å². The minimum Gasteiger partial charge on any atom is -0.328 e. The highest BCUT2D eigenvalue weighted by Crippen LogP contribution is 2.35. The molecule has 0 aromatic heterocycles. The first-order chi connectivity index (χ1) is 8.74. The molecule has 0 aromatic rings. The van der Waals surface area contributed by atoms with Gasteiger partial charge in [0.1, 0.15) is 0 Å². The van der Waals surface area contributed by atoms with Crippen molar-refractivity contribution in [3.05, 3.63) is 0 Å². The molecule has 1 aliphatic carbocycles. The van der Waals surface area contributed by atoms with Crippen LogP contribution in [0.4, 0.5) is 4.79 Å². The van der Waals surface area contributed by atoms with Crippen molar-refractivity contribution >= 4 is 6.03 Å². The third-order valence-corrected chi connectivity index (χ3v) is 4.37. The molecule has 3 heteroatoms. The van der Waals surface area contributed by atoms with Crippen molar-refractivity contribution in [1.29, 1.82) is 0 Å². The lowest BCUT2D eigenvalue weighted by Crippen LogP contribution is -2.45. The number of hydrogen-bond acceptors (Lipinski definition) is 1. The number of nitrogens with zero attached hydrogens (tertiary/aromatic N) is 2. The quantitative estimate of drug-likeness (QED) is 0.759. The van der Waals surface area contributed by atoms with Crippen molar-refractivity contribution in [1.82, 2.24) is 9.80 Å². The smallest absolute Gasteiger partial charge is 0.319 e. The summed E-state index contributed by atoms with van der Waals surface area (Å²) in [6, 6.07) is 0.611. The minimum absolute atomic E-state index is 0.168. The van der Waals surface area contributed by atoms with Gasteiger partial charge in [0.15, 0.2) is 0 Å². The van der Waals surface area contributed by atoms with E-state index in [0.717, 1.165) is 12.5 Å². The highest BCUT2D eigenvalue weighted by Gasteiger charge is 2.29. The molecule has 0 heterocycles. The van der Waals surface area contributed by atoms with Crippen LogP contribution in [0.3, 0.4) is 0 Å². The molecular formula is C16H32N2O. The molecule has 0 atom stereocenters. The number of rotatable bonds is 3. The second-order valence-electron chi connectivity index (χ2n) is 7.35. The molecule has 0 aromatic carbocycles. The molecule has 0 spiro atoms. The Morgan fingerprint density at radius 1 is 1.11 bits per heavy atom. The van der Waals surface area contributed by atoms with Gasteiger partial charge in [-0.25, -0.2) is 4.79 Å². The molecule has 0 bridgehead atoms.